The Bertz CT molecular complexity index is 1480. The van der Waals surface area contributed by atoms with E-state index in [0.29, 0.717) is 13.0 Å². The number of esters is 2. The second-order valence-corrected chi connectivity index (χ2v) is 19.0. The first-order valence-electron chi connectivity index (χ1n) is 22.4. The Balaban J connectivity index is 2.13. The summed E-state index contributed by atoms with van der Waals surface area (Å²) in [5.74, 6) is -4.21. The summed E-state index contributed by atoms with van der Waals surface area (Å²) in [7, 11) is 4.78. The van der Waals surface area contributed by atoms with Crippen LogP contribution in [0, 0.1) is 17.8 Å². The fraction of sp³-hybridized carbons (Fsp3) is 0.889. The molecule has 360 valence electrons. The number of likely N-dealkylation sites (N-methyl/N-ethyl adjacent to an activating group) is 2. The molecule has 3 aliphatic rings. The van der Waals surface area contributed by atoms with Crippen LogP contribution in [0.5, 0.6) is 0 Å². The topological polar surface area (TPSA) is 223 Å². The molecular weight excluding hydrogens is 808 g/mol. The molecule has 0 spiro atoms. The molecule has 17 heteroatoms. The third-order valence-electron chi connectivity index (χ3n) is 13.5. The van der Waals surface area contributed by atoms with E-state index < -0.39 is 120 Å². The summed E-state index contributed by atoms with van der Waals surface area (Å²) in [6, 6.07) is -1.44. The highest BCUT2D eigenvalue weighted by Gasteiger charge is 2.53. The van der Waals surface area contributed by atoms with Crippen molar-refractivity contribution in [3.05, 3.63) is 12.2 Å². The highest BCUT2D eigenvalue weighted by Crippen LogP contribution is 2.40. The van der Waals surface area contributed by atoms with E-state index in [0.717, 1.165) is 18.6 Å². The first kappa shape index (κ1) is 54.0. The van der Waals surface area contributed by atoms with Crippen LogP contribution in [0.3, 0.4) is 0 Å². The standard InChI is InChI=1S/C45H80N2O15/c1-15-17-20-57-34(49)19-18-33(48)47(13)31-21-26(4)58-42(36(31)50)62-40-27(5)37(61-35-23-44(10,56-14)39(52)30(8)59-35)28(6)41(53)60-32(16-2)45(11,55)38(51)29(7)46(12)24-25(3)22-43(40,9)54/h18-19,25-32,35-40,42,50-52,54-55H,15-17,20-24H2,1-14H3/b19-18+/t25-,26-,27+,28-,29-,30-,31+,32-,35-,36-,37+,38-,39-,40-,42+,43?,44+,45-/m0/s1. The van der Waals surface area contributed by atoms with Crippen LogP contribution >= 0.6 is 0 Å². The lowest BCUT2D eigenvalue weighted by atomic mass is 9.77. The van der Waals surface area contributed by atoms with Crippen molar-refractivity contribution >= 4 is 17.8 Å². The average Bonchev–Trinajstić information content (AvgIpc) is 3.20. The second-order valence-electron chi connectivity index (χ2n) is 19.0. The van der Waals surface area contributed by atoms with Gasteiger partial charge in [-0.1, -0.05) is 34.1 Å². The van der Waals surface area contributed by atoms with Gasteiger partial charge in [-0.2, -0.15) is 0 Å². The quantitative estimate of drug-likeness (QED) is 0.108. The van der Waals surface area contributed by atoms with Crippen LogP contribution in [-0.2, 0) is 47.5 Å². The Morgan fingerprint density at radius 1 is 0.952 bits per heavy atom. The number of aliphatic hydroxyl groups excluding tert-OH is 3. The van der Waals surface area contributed by atoms with Crippen molar-refractivity contribution in [1.29, 1.82) is 0 Å². The molecule has 3 rings (SSSR count). The maximum Gasteiger partial charge on any atom is 0.330 e. The smallest absolute Gasteiger partial charge is 0.330 e. The predicted octanol–water partition coefficient (Wildman–Crippen LogP) is 2.70. The molecule has 0 aromatic rings. The summed E-state index contributed by atoms with van der Waals surface area (Å²) in [6.07, 6.45) is -6.68. The molecule has 1 unspecified atom stereocenters. The number of hydrogen-bond donors (Lipinski definition) is 5. The molecule has 5 N–H and O–H groups in total. The maximum atomic E-state index is 14.4. The van der Waals surface area contributed by atoms with Crippen LogP contribution < -0.4 is 0 Å². The summed E-state index contributed by atoms with van der Waals surface area (Å²) in [6.45, 7) is 19.6. The minimum absolute atomic E-state index is 0.0660. The second kappa shape index (κ2) is 22.7. The van der Waals surface area contributed by atoms with E-state index in [2.05, 4.69) is 0 Å². The summed E-state index contributed by atoms with van der Waals surface area (Å²) in [4.78, 5) is 43.1. The van der Waals surface area contributed by atoms with E-state index >= 15 is 0 Å². The van der Waals surface area contributed by atoms with Crippen molar-refractivity contribution in [3.8, 4) is 0 Å². The molecule has 18 atom stereocenters. The molecule has 3 heterocycles. The molecule has 0 saturated carbocycles. The number of amides is 1. The van der Waals surface area contributed by atoms with Crippen molar-refractivity contribution in [1.82, 2.24) is 9.80 Å². The molecule has 3 aliphatic heterocycles. The first-order valence-corrected chi connectivity index (χ1v) is 22.4. The Hall–Kier alpha value is -2.29. The number of nitrogens with zero attached hydrogens (tertiary/aromatic N) is 2. The zero-order valence-electron chi connectivity index (χ0n) is 39.7. The Labute approximate surface area is 369 Å². The molecule has 0 aliphatic carbocycles. The number of hydrogen-bond acceptors (Lipinski definition) is 16. The minimum atomic E-state index is -1.86. The van der Waals surface area contributed by atoms with Crippen LogP contribution in [0.15, 0.2) is 12.2 Å². The first-order chi connectivity index (χ1) is 28.8. The highest BCUT2D eigenvalue weighted by molar-refractivity contribution is 5.94. The SMILES string of the molecule is CCCCOC(=O)/C=C/C(=O)N(C)[C@@H]1C[C@H](C)O[C@H](O[C@H]2[C@H](C)[C@@H](O[C@H]3C[C@@](C)(OC)[C@@H](O)[C@H](C)O3)[C@H](C)C(=O)O[C@@H](CC)[C@](C)(O)[C@@H](O)[C@H](C)N(C)C[C@@H](C)CC2(C)O)[C@H]1O. The number of carbonyl (C=O) groups excluding carboxylic acids is 3. The van der Waals surface area contributed by atoms with E-state index in [-0.39, 0.29) is 38.2 Å². The van der Waals surface area contributed by atoms with Crippen molar-refractivity contribution in [2.24, 2.45) is 17.8 Å². The van der Waals surface area contributed by atoms with Gasteiger partial charge in [-0.15, -0.1) is 0 Å². The minimum Gasteiger partial charge on any atom is -0.463 e. The summed E-state index contributed by atoms with van der Waals surface area (Å²) in [5.41, 5.74) is -4.65. The lowest BCUT2D eigenvalue weighted by Gasteiger charge is -2.49. The molecule has 1 amide bonds. The zero-order valence-corrected chi connectivity index (χ0v) is 39.7. The lowest BCUT2D eigenvalue weighted by Crippen LogP contribution is -2.61. The van der Waals surface area contributed by atoms with Crippen LogP contribution in [-0.4, -0.2) is 178 Å². The summed E-state index contributed by atoms with van der Waals surface area (Å²) < 4.78 is 42.8. The van der Waals surface area contributed by atoms with Gasteiger partial charge in [-0.3, -0.25) is 9.59 Å². The van der Waals surface area contributed by atoms with E-state index in [1.54, 1.807) is 62.4 Å². The molecule has 17 nitrogen and oxygen atoms in total. The number of aliphatic hydroxyl groups is 5. The zero-order chi connectivity index (χ0) is 47.1. The van der Waals surface area contributed by atoms with E-state index in [9.17, 15) is 39.9 Å². The van der Waals surface area contributed by atoms with Gasteiger partial charge in [0, 0.05) is 51.2 Å². The molecule has 0 bridgehead atoms. The predicted molar refractivity (Wildman–Crippen MR) is 228 cm³/mol. The van der Waals surface area contributed by atoms with Gasteiger partial charge in [0.25, 0.3) is 0 Å². The Kier molecular flexibility index (Phi) is 19.8. The third-order valence-corrected chi connectivity index (χ3v) is 13.5. The molecule has 0 radical (unpaired) electrons. The van der Waals surface area contributed by atoms with Crippen LogP contribution in [0.25, 0.3) is 0 Å². The van der Waals surface area contributed by atoms with Gasteiger partial charge in [-0.05, 0) is 87.1 Å². The number of rotatable bonds is 12. The van der Waals surface area contributed by atoms with Gasteiger partial charge in [0.05, 0.1) is 54.2 Å². The van der Waals surface area contributed by atoms with E-state index in [4.69, 9.17) is 33.2 Å². The summed E-state index contributed by atoms with van der Waals surface area (Å²) >= 11 is 0. The van der Waals surface area contributed by atoms with Crippen molar-refractivity contribution in [2.75, 3.05) is 34.4 Å². The van der Waals surface area contributed by atoms with Crippen molar-refractivity contribution < 1.29 is 73.1 Å². The van der Waals surface area contributed by atoms with Crippen LogP contribution in [0.4, 0.5) is 0 Å². The van der Waals surface area contributed by atoms with Crippen molar-refractivity contribution in [3.63, 3.8) is 0 Å². The van der Waals surface area contributed by atoms with Crippen LogP contribution in [0.2, 0.25) is 0 Å². The Morgan fingerprint density at radius 3 is 2.19 bits per heavy atom. The van der Waals surface area contributed by atoms with Gasteiger partial charge in [0.1, 0.15) is 30.0 Å². The maximum absolute atomic E-state index is 14.4. The molecule has 3 saturated heterocycles. The summed E-state index contributed by atoms with van der Waals surface area (Å²) in [5, 5.41) is 59.0. The van der Waals surface area contributed by atoms with Crippen molar-refractivity contribution in [2.45, 2.75) is 205 Å². The monoisotopic (exact) mass is 889 g/mol. The fourth-order valence-corrected chi connectivity index (χ4v) is 9.39. The highest BCUT2D eigenvalue weighted by atomic mass is 16.7. The lowest BCUT2D eigenvalue weighted by molar-refractivity contribution is -0.317. The fourth-order valence-electron chi connectivity index (χ4n) is 9.39. The van der Waals surface area contributed by atoms with Gasteiger partial charge in [0.15, 0.2) is 12.6 Å². The average molecular weight is 889 g/mol. The number of carbonyl (C=O) groups is 3. The van der Waals surface area contributed by atoms with E-state index in [1.807, 2.05) is 18.7 Å². The van der Waals surface area contributed by atoms with E-state index in [1.165, 1.54) is 26.0 Å². The molecule has 0 aromatic heterocycles. The number of ether oxygens (including phenoxy) is 7. The van der Waals surface area contributed by atoms with Gasteiger partial charge < -0.3 is 68.5 Å². The number of cyclic esters (lactones) is 1. The third kappa shape index (κ3) is 13.2. The normalized spacial score (nSPS) is 43.3. The molecular formula is C45H80N2O15. The molecule has 3 fully saturated rings. The Morgan fingerprint density at radius 2 is 1.60 bits per heavy atom. The number of methoxy groups -OCH3 is 1. The molecule has 62 heavy (non-hydrogen) atoms. The number of unbranched alkanes of at least 4 members (excludes halogenated alkanes) is 1. The van der Waals surface area contributed by atoms with Gasteiger partial charge in [-0.25, -0.2) is 4.79 Å². The molecule has 0 aromatic carbocycles. The van der Waals surface area contributed by atoms with Gasteiger partial charge >= 0.3 is 11.9 Å². The van der Waals surface area contributed by atoms with Crippen LogP contribution in [0.1, 0.15) is 115 Å². The van der Waals surface area contributed by atoms with Gasteiger partial charge in [0.2, 0.25) is 5.91 Å². The largest absolute Gasteiger partial charge is 0.463 e.